The van der Waals surface area contributed by atoms with Gasteiger partial charge < -0.3 is 5.73 Å². The van der Waals surface area contributed by atoms with E-state index in [2.05, 4.69) is 20.7 Å². The van der Waals surface area contributed by atoms with Gasteiger partial charge in [0.1, 0.15) is 19.5 Å². The van der Waals surface area contributed by atoms with Crippen LogP contribution in [0.15, 0.2) is 48.7 Å². The van der Waals surface area contributed by atoms with E-state index in [1.165, 1.54) is 0 Å². The summed E-state index contributed by atoms with van der Waals surface area (Å²) in [5.41, 5.74) is 8.20. The standard InChI is InChI=1S/C20H23FN6O/c1-20(2,12-21)16-10-18(27(3)26-16)25-19(28)24-15-7-4-13(5-8-15)14-6-9-17(22)23-11-14/h4-11H,12H2,1-3H3,(H4,22,23,24,25,26,28)/p+1. The zero-order valence-electron chi connectivity index (χ0n) is 16.1. The highest BCUT2D eigenvalue weighted by molar-refractivity contribution is 5.98. The van der Waals surface area contributed by atoms with Crippen LogP contribution < -0.4 is 21.0 Å². The van der Waals surface area contributed by atoms with E-state index in [-0.39, 0.29) is 6.03 Å². The highest BCUT2D eigenvalue weighted by Crippen LogP contribution is 2.23. The van der Waals surface area contributed by atoms with Crippen LogP contribution in [0.3, 0.4) is 0 Å². The van der Waals surface area contributed by atoms with E-state index in [9.17, 15) is 9.18 Å². The average molecular weight is 383 g/mol. The van der Waals surface area contributed by atoms with Gasteiger partial charge >= 0.3 is 11.8 Å². The smallest absolute Gasteiger partial charge is 0.384 e. The van der Waals surface area contributed by atoms with Crippen molar-refractivity contribution in [2.45, 2.75) is 19.3 Å². The fourth-order valence-electron chi connectivity index (χ4n) is 2.65. The number of amides is 2. The summed E-state index contributed by atoms with van der Waals surface area (Å²) < 4.78 is 14.8. The van der Waals surface area contributed by atoms with Gasteiger partial charge in [-0.2, -0.15) is 10.00 Å². The van der Waals surface area contributed by atoms with Crippen LogP contribution in [-0.2, 0) is 12.5 Å². The van der Waals surface area contributed by atoms with Gasteiger partial charge in [-0.25, -0.2) is 14.9 Å². The van der Waals surface area contributed by atoms with Gasteiger partial charge in [-0.15, -0.1) is 0 Å². The number of nitrogens with two attached hydrogens (primary N) is 1. The fraction of sp³-hybridized carbons (Fsp3) is 0.250. The van der Waals surface area contributed by atoms with Crippen molar-refractivity contribution in [3.63, 3.8) is 0 Å². The SMILES string of the molecule is C[n+]1[nH]c(C(C)(C)CF)cc1NC(=O)Nc1ccc(-c2ccc(N)nc2)cc1. The second-order valence-corrected chi connectivity index (χ2v) is 7.26. The van der Waals surface area contributed by atoms with E-state index >= 15 is 0 Å². The van der Waals surface area contributed by atoms with Crippen molar-refractivity contribution in [3.8, 4) is 11.1 Å². The highest BCUT2D eigenvalue weighted by atomic mass is 19.1. The maximum atomic E-state index is 13.2. The normalized spacial score (nSPS) is 11.3. The summed E-state index contributed by atoms with van der Waals surface area (Å²) in [4.78, 5) is 16.4. The van der Waals surface area contributed by atoms with Crippen LogP contribution in [0, 0.1) is 0 Å². The van der Waals surface area contributed by atoms with Gasteiger partial charge in [0.05, 0.1) is 11.8 Å². The van der Waals surface area contributed by atoms with Crippen LogP contribution in [0.1, 0.15) is 19.5 Å². The summed E-state index contributed by atoms with van der Waals surface area (Å²) in [5.74, 6) is 1.01. The molecule has 0 fully saturated rings. The van der Waals surface area contributed by atoms with Gasteiger partial charge in [-0.3, -0.25) is 9.71 Å². The molecule has 146 valence electrons. The van der Waals surface area contributed by atoms with Crippen molar-refractivity contribution in [3.05, 3.63) is 54.4 Å². The number of anilines is 3. The second-order valence-electron chi connectivity index (χ2n) is 7.26. The lowest BCUT2D eigenvalue weighted by Crippen LogP contribution is -2.36. The third-order valence-electron chi connectivity index (χ3n) is 4.50. The molecule has 0 unspecified atom stereocenters. The van der Waals surface area contributed by atoms with Gasteiger partial charge in [-0.1, -0.05) is 26.0 Å². The number of nitrogens with zero attached hydrogens (tertiary/aromatic N) is 2. The molecule has 7 nitrogen and oxygen atoms in total. The topological polar surface area (TPSA) is 99.7 Å². The zero-order chi connectivity index (χ0) is 20.3. The van der Waals surface area contributed by atoms with Crippen LogP contribution in [0.25, 0.3) is 11.1 Å². The molecule has 3 rings (SSSR count). The van der Waals surface area contributed by atoms with Crippen molar-refractivity contribution in [2.75, 3.05) is 23.0 Å². The van der Waals surface area contributed by atoms with Crippen LogP contribution in [-0.4, -0.2) is 22.8 Å². The molecule has 28 heavy (non-hydrogen) atoms. The summed E-state index contributed by atoms with van der Waals surface area (Å²) in [6.45, 7) is 3.08. The van der Waals surface area contributed by atoms with E-state index in [0.717, 1.165) is 11.1 Å². The number of urea groups is 1. The number of nitrogens with one attached hydrogen (secondary N) is 3. The van der Waals surface area contributed by atoms with Gasteiger partial charge in [-0.05, 0) is 29.8 Å². The summed E-state index contributed by atoms with van der Waals surface area (Å²) in [7, 11) is 1.75. The fourth-order valence-corrected chi connectivity index (χ4v) is 2.65. The van der Waals surface area contributed by atoms with Crippen LogP contribution in [0.5, 0.6) is 0 Å². The molecule has 1 aromatic carbocycles. The number of aromatic nitrogens is 3. The number of carbonyl (C=O) groups excluding carboxylic acids is 1. The third kappa shape index (κ3) is 4.28. The van der Waals surface area contributed by atoms with Crippen molar-refractivity contribution in [1.29, 1.82) is 0 Å². The first-order chi connectivity index (χ1) is 13.3. The molecule has 2 aromatic heterocycles. The Morgan fingerprint density at radius 1 is 1.18 bits per heavy atom. The first kappa shape index (κ1) is 19.3. The minimum Gasteiger partial charge on any atom is -0.384 e. The van der Waals surface area contributed by atoms with E-state index in [1.54, 1.807) is 56.0 Å². The Labute approximate surface area is 162 Å². The first-order valence-corrected chi connectivity index (χ1v) is 8.84. The maximum absolute atomic E-state index is 13.2. The number of benzene rings is 1. The minimum absolute atomic E-state index is 0.388. The Hall–Kier alpha value is -3.42. The van der Waals surface area contributed by atoms with Crippen molar-refractivity contribution < 1.29 is 13.9 Å². The predicted molar refractivity (Wildman–Crippen MR) is 108 cm³/mol. The molecule has 0 atom stereocenters. The maximum Gasteiger partial charge on any atom is 0.411 e. The molecule has 0 saturated heterocycles. The molecule has 2 heterocycles. The summed E-state index contributed by atoms with van der Waals surface area (Å²) in [6.07, 6.45) is 1.70. The lowest BCUT2D eigenvalue weighted by Gasteiger charge is -2.16. The number of H-pyrrole nitrogens is 1. The molecule has 5 N–H and O–H groups in total. The van der Waals surface area contributed by atoms with Crippen molar-refractivity contribution in [2.24, 2.45) is 7.05 Å². The number of halogens is 1. The number of pyridine rings is 1. The molecule has 0 bridgehead atoms. The number of hydrogen-bond acceptors (Lipinski definition) is 3. The molecule has 0 aliphatic heterocycles. The quantitative estimate of drug-likeness (QED) is 0.508. The van der Waals surface area contributed by atoms with E-state index < -0.39 is 12.1 Å². The predicted octanol–water partition coefficient (Wildman–Crippen LogP) is 3.37. The number of nitrogen functional groups attached to an aromatic ring is 1. The van der Waals surface area contributed by atoms with Crippen LogP contribution in [0.2, 0.25) is 0 Å². The largest absolute Gasteiger partial charge is 0.411 e. The Morgan fingerprint density at radius 3 is 2.46 bits per heavy atom. The minimum atomic E-state index is -0.652. The zero-order valence-corrected chi connectivity index (χ0v) is 16.1. The molecule has 3 aromatic rings. The molecule has 2 amide bonds. The highest BCUT2D eigenvalue weighted by Gasteiger charge is 2.27. The molecule has 0 saturated carbocycles. The number of aromatic amines is 1. The number of alkyl halides is 1. The van der Waals surface area contributed by atoms with Crippen LogP contribution >= 0.6 is 0 Å². The van der Waals surface area contributed by atoms with Gasteiger partial charge in [0.2, 0.25) is 0 Å². The summed E-state index contributed by atoms with van der Waals surface area (Å²) >= 11 is 0. The van der Waals surface area contributed by atoms with E-state index in [4.69, 9.17) is 5.73 Å². The second kappa shape index (κ2) is 7.67. The Morgan fingerprint density at radius 2 is 1.86 bits per heavy atom. The molecule has 0 aliphatic carbocycles. The van der Waals surface area contributed by atoms with Crippen LogP contribution in [0.4, 0.5) is 26.5 Å². The van der Waals surface area contributed by atoms with E-state index in [1.807, 2.05) is 18.2 Å². The lowest BCUT2D eigenvalue weighted by atomic mass is 9.91. The number of aryl methyl sites for hydroxylation is 1. The Kier molecular flexibility index (Phi) is 5.30. The Bertz CT molecular complexity index is 963. The molecular weight excluding hydrogens is 359 g/mol. The molecule has 0 radical (unpaired) electrons. The summed E-state index contributed by atoms with van der Waals surface area (Å²) in [5, 5.41) is 8.60. The monoisotopic (exact) mass is 383 g/mol. The number of carbonyl (C=O) groups is 1. The van der Waals surface area contributed by atoms with Gasteiger partial charge in [0.25, 0.3) is 0 Å². The van der Waals surface area contributed by atoms with Gasteiger partial charge in [0, 0.05) is 22.9 Å². The Balaban J connectivity index is 1.66. The van der Waals surface area contributed by atoms with Crippen molar-refractivity contribution >= 4 is 23.4 Å². The third-order valence-corrected chi connectivity index (χ3v) is 4.50. The summed E-state index contributed by atoms with van der Waals surface area (Å²) in [6, 6.07) is 12.4. The first-order valence-electron chi connectivity index (χ1n) is 8.84. The average Bonchev–Trinajstić information content (AvgIpc) is 3.04. The molecule has 0 spiro atoms. The molecule has 0 aliphatic rings. The number of hydrogen-bond donors (Lipinski definition) is 4. The van der Waals surface area contributed by atoms with Crippen molar-refractivity contribution in [1.82, 2.24) is 10.1 Å². The number of rotatable bonds is 5. The molecule has 8 heteroatoms. The lowest BCUT2D eigenvalue weighted by molar-refractivity contribution is -0.713. The van der Waals surface area contributed by atoms with E-state index in [0.29, 0.717) is 23.0 Å². The molecular formula is C20H24FN6O+. The van der Waals surface area contributed by atoms with Gasteiger partial charge in [0.15, 0.2) is 0 Å².